The molecule has 0 unspecified atom stereocenters. The third-order valence-electron chi connectivity index (χ3n) is 4.66. The van der Waals surface area contributed by atoms with Crippen LogP contribution >= 0.6 is 13.5 Å². The molecule has 0 saturated carbocycles. The molecule has 0 radical (unpaired) electrons. The Morgan fingerprint density at radius 2 is 2.14 bits per heavy atom. The zero-order valence-electron chi connectivity index (χ0n) is 15.7. The van der Waals surface area contributed by atoms with Gasteiger partial charge in [0.15, 0.2) is 0 Å². The van der Waals surface area contributed by atoms with E-state index < -0.39 is 5.97 Å². The first-order valence-electron chi connectivity index (χ1n) is 8.85. The van der Waals surface area contributed by atoms with E-state index in [0.717, 1.165) is 33.5 Å². The van der Waals surface area contributed by atoms with Crippen molar-refractivity contribution in [2.45, 2.75) is 20.4 Å². The maximum absolute atomic E-state index is 12.8. The van der Waals surface area contributed by atoms with Crippen molar-refractivity contribution >= 4 is 47.6 Å². The van der Waals surface area contributed by atoms with E-state index in [4.69, 9.17) is 4.74 Å². The predicted molar refractivity (Wildman–Crippen MR) is 112 cm³/mol. The van der Waals surface area contributed by atoms with Gasteiger partial charge in [-0.3, -0.25) is 14.7 Å². The zero-order valence-corrected chi connectivity index (χ0v) is 16.7. The van der Waals surface area contributed by atoms with Crippen LogP contribution in [0.15, 0.2) is 36.4 Å². The van der Waals surface area contributed by atoms with Gasteiger partial charge in [0.05, 0.1) is 23.4 Å². The normalized spacial score (nSPS) is 12.6. The topological polar surface area (TPSA) is 87.3 Å². The minimum atomic E-state index is -0.396. The van der Waals surface area contributed by atoms with E-state index in [1.165, 1.54) is 4.90 Å². The number of hydrogen-bond acceptors (Lipinski definition) is 5. The minimum Gasteiger partial charge on any atom is -0.465 e. The highest BCUT2D eigenvalue weighted by Crippen LogP contribution is 2.32. The van der Waals surface area contributed by atoms with Crippen molar-refractivity contribution in [3.05, 3.63) is 53.2 Å². The van der Waals surface area contributed by atoms with Gasteiger partial charge in [0, 0.05) is 23.3 Å². The lowest BCUT2D eigenvalue weighted by atomic mass is 10.1. The van der Waals surface area contributed by atoms with Crippen LogP contribution in [0.25, 0.3) is 10.9 Å². The summed E-state index contributed by atoms with van der Waals surface area (Å²) in [6.45, 7) is 4.39. The summed E-state index contributed by atoms with van der Waals surface area (Å²) >= 11 is 0. The Kier molecular flexibility index (Phi) is 5.60. The molecular formula is C20H22N4O3S. The highest BCUT2D eigenvalue weighted by Gasteiger charge is 2.31. The Balaban J connectivity index is 0.00000225. The molecule has 8 heteroatoms. The van der Waals surface area contributed by atoms with Gasteiger partial charge in [-0.05, 0) is 43.7 Å². The smallest absolute Gasteiger partial charge is 0.325 e. The second kappa shape index (κ2) is 7.93. The van der Waals surface area contributed by atoms with Crippen LogP contribution in [-0.4, -0.2) is 40.1 Å². The van der Waals surface area contributed by atoms with E-state index >= 15 is 0 Å². The van der Waals surface area contributed by atoms with Crippen molar-refractivity contribution in [2.24, 2.45) is 0 Å². The van der Waals surface area contributed by atoms with Crippen LogP contribution in [0.1, 0.15) is 28.5 Å². The van der Waals surface area contributed by atoms with Crippen LogP contribution in [0.2, 0.25) is 0 Å². The Labute approximate surface area is 169 Å². The van der Waals surface area contributed by atoms with E-state index in [2.05, 4.69) is 15.5 Å². The van der Waals surface area contributed by atoms with Crippen molar-refractivity contribution in [3.8, 4) is 0 Å². The van der Waals surface area contributed by atoms with E-state index in [0.29, 0.717) is 18.7 Å². The predicted octanol–water partition coefficient (Wildman–Crippen LogP) is 3.25. The summed E-state index contributed by atoms with van der Waals surface area (Å²) in [7, 11) is 0. The van der Waals surface area contributed by atoms with E-state index in [1.807, 2.05) is 43.3 Å². The summed E-state index contributed by atoms with van der Waals surface area (Å²) in [4.78, 5) is 26.1. The number of amides is 1. The highest BCUT2D eigenvalue weighted by molar-refractivity contribution is 7.59. The molecule has 0 aliphatic carbocycles. The number of carbonyl (C=O) groups excluding carboxylic acids is 2. The molecular weight excluding hydrogens is 376 g/mol. The lowest BCUT2D eigenvalue weighted by Crippen LogP contribution is -2.31. The first-order valence-corrected chi connectivity index (χ1v) is 8.85. The standard InChI is InChI=1S/C20H20N4O3.H2S/c1-3-27-18(25)11-24-10-13-5-4-6-16(19(13)20(24)26)21-14-7-8-15-12(2)22-23-17(15)9-14;/h4-9,21H,3,10-11H2,1-2H3,(H,22,23);1H2. The van der Waals surface area contributed by atoms with Gasteiger partial charge >= 0.3 is 5.97 Å². The molecule has 3 aromatic rings. The van der Waals surface area contributed by atoms with Gasteiger partial charge in [-0.25, -0.2) is 0 Å². The third-order valence-corrected chi connectivity index (χ3v) is 4.66. The van der Waals surface area contributed by atoms with Crippen LogP contribution in [0.4, 0.5) is 11.4 Å². The molecule has 28 heavy (non-hydrogen) atoms. The Morgan fingerprint density at radius 1 is 1.32 bits per heavy atom. The fourth-order valence-corrected chi connectivity index (χ4v) is 3.39. The molecule has 146 valence electrons. The number of rotatable bonds is 5. The number of esters is 1. The Hall–Kier alpha value is -3.00. The van der Waals surface area contributed by atoms with Gasteiger partial charge in [0.1, 0.15) is 6.54 Å². The second-order valence-corrected chi connectivity index (χ2v) is 6.51. The van der Waals surface area contributed by atoms with Crippen molar-refractivity contribution in [3.63, 3.8) is 0 Å². The molecule has 0 spiro atoms. The van der Waals surface area contributed by atoms with E-state index in [9.17, 15) is 9.59 Å². The number of H-pyrrole nitrogens is 1. The molecule has 1 amide bonds. The van der Waals surface area contributed by atoms with Crippen molar-refractivity contribution in [1.82, 2.24) is 15.1 Å². The lowest BCUT2D eigenvalue weighted by Gasteiger charge is -2.14. The molecule has 1 aromatic heterocycles. The number of nitrogens with zero attached hydrogens (tertiary/aromatic N) is 2. The maximum Gasteiger partial charge on any atom is 0.325 e. The number of benzene rings is 2. The highest BCUT2D eigenvalue weighted by atomic mass is 32.1. The summed E-state index contributed by atoms with van der Waals surface area (Å²) in [5, 5.41) is 11.6. The average molecular weight is 398 g/mol. The third kappa shape index (κ3) is 3.55. The number of fused-ring (bicyclic) bond motifs is 2. The van der Waals surface area contributed by atoms with Gasteiger partial charge in [-0.1, -0.05) is 12.1 Å². The number of aryl methyl sites for hydroxylation is 1. The molecule has 2 N–H and O–H groups in total. The molecule has 7 nitrogen and oxygen atoms in total. The molecule has 0 bridgehead atoms. The summed E-state index contributed by atoms with van der Waals surface area (Å²) in [5.74, 6) is -0.564. The molecule has 0 saturated heterocycles. The molecule has 4 rings (SSSR count). The number of ether oxygens (including phenoxy) is 1. The number of aromatic amines is 1. The van der Waals surface area contributed by atoms with Crippen molar-refractivity contribution < 1.29 is 14.3 Å². The van der Waals surface area contributed by atoms with Gasteiger partial charge in [-0.2, -0.15) is 18.6 Å². The molecule has 1 aliphatic rings. The number of aromatic nitrogens is 2. The maximum atomic E-state index is 12.8. The fraction of sp³-hybridized carbons (Fsp3) is 0.250. The number of hydrogen-bond donors (Lipinski definition) is 2. The summed E-state index contributed by atoms with van der Waals surface area (Å²) < 4.78 is 4.96. The monoisotopic (exact) mass is 398 g/mol. The summed E-state index contributed by atoms with van der Waals surface area (Å²) in [6, 6.07) is 11.6. The fourth-order valence-electron chi connectivity index (χ4n) is 3.39. The van der Waals surface area contributed by atoms with Crippen LogP contribution in [-0.2, 0) is 16.1 Å². The van der Waals surface area contributed by atoms with Gasteiger partial charge in [0.25, 0.3) is 5.91 Å². The Bertz CT molecular complexity index is 1050. The largest absolute Gasteiger partial charge is 0.465 e. The summed E-state index contributed by atoms with van der Waals surface area (Å²) in [6.07, 6.45) is 0. The van der Waals surface area contributed by atoms with E-state index in [1.54, 1.807) is 6.92 Å². The quantitative estimate of drug-likeness (QED) is 0.644. The SMILES string of the molecule is CCOC(=O)CN1Cc2cccc(Nc3ccc4c(C)[nH]nc4c3)c2C1=O.S. The van der Waals surface area contributed by atoms with Crippen LogP contribution in [0.3, 0.4) is 0 Å². The van der Waals surface area contributed by atoms with Crippen LogP contribution in [0, 0.1) is 6.92 Å². The van der Waals surface area contributed by atoms with E-state index in [-0.39, 0.29) is 25.9 Å². The molecule has 1 aliphatic heterocycles. The first-order chi connectivity index (χ1) is 13.1. The number of nitrogens with one attached hydrogen (secondary N) is 2. The van der Waals surface area contributed by atoms with Gasteiger partial charge in [0.2, 0.25) is 0 Å². The number of carbonyl (C=O) groups is 2. The molecule has 0 fully saturated rings. The van der Waals surface area contributed by atoms with Crippen molar-refractivity contribution in [1.29, 1.82) is 0 Å². The van der Waals surface area contributed by atoms with Crippen molar-refractivity contribution in [2.75, 3.05) is 18.5 Å². The van der Waals surface area contributed by atoms with Gasteiger partial charge in [-0.15, -0.1) is 0 Å². The second-order valence-electron chi connectivity index (χ2n) is 6.51. The first kappa shape index (κ1) is 19.8. The molecule has 2 aromatic carbocycles. The number of anilines is 2. The summed E-state index contributed by atoms with van der Waals surface area (Å²) in [5.41, 5.74) is 4.93. The molecule has 0 atom stereocenters. The Morgan fingerprint density at radius 3 is 2.93 bits per heavy atom. The average Bonchev–Trinajstić information content (AvgIpc) is 3.16. The lowest BCUT2D eigenvalue weighted by molar-refractivity contribution is -0.143. The zero-order chi connectivity index (χ0) is 19.0. The molecule has 2 heterocycles. The minimum absolute atomic E-state index is 0. The van der Waals surface area contributed by atoms with Gasteiger partial charge < -0.3 is 15.0 Å². The van der Waals surface area contributed by atoms with Crippen LogP contribution in [0.5, 0.6) is 0 Å². The van der Waals surface area contributed by atoms with Crippen LogP contribution < -0.4 is 5.32 Å².